The van der Waals surface area contributed by atoms with Crippen LogP contribution in [0.1, 0.15) is 18.5 Å². The molecule has 2 aromatic carbocycles. The second-order valence-corrected chi connectivity index (χ2v) is 5.59. The predicted octanol–water partition coefficient (Wildman–Crippen LogP) is 3.71. The molecule has 1 saturated heterocycles. The summed E-state index contributed by atoms with van der Waals surface area (Å²) in [5.74, 6) is -0.171. The second kappa shape index (κ2) is 6.27. The molecule has 0 bridgehead atoms. The lowest BCUT2D eigenvalue weighted by Crippen LogP contribution is -2.47. The fourth-order valence-electron chi connectivity index (χ4n) is 2.96. The van der Waals surface area contributed by atoms with Crippen LogP contribution in [0, 0.1) is 5.82 Å². The van der Waals surface area contributed by atoms with E-state index in [9.17, 15) is 4.39 Å². The summed E-state index contributed by atoms with van der Waals surface area (Å²) in [4.78, 5) is 4.84. The number of nitrogens with zero attached hydrogens (tertiary/aromatic N) is 2. The topological polar surface area (TPSA) is 6.48 Å². The van der Waals surface area contributed by atoms with Crippen LogP contribution in [0.25, 0.3) is 0 Å². The summed E-state index contributed by atoms with van der Waals surface area (Å²) in [5, 5.41) is 0. The molecule has 1 aliphatic rings. The molecule has 0 N–H and O–H groups in total. The molecule has 1 heterocycles. The first kappa shape index (κ1) is 14.1. The maximum Gasteiger partial charge on any atom is 0.123 e. The highest BCUT2D eigenvalue weighted by Gasteiger charge is 2.22. The molecule has 0 aliphatic carbocycles. The zero-order valence-electron chi connectivity index (χ0n) is 12.4. The van der Waals surface area contributed by atoms with Gasteiger partial charge in [0.15, 0.2) is 0 Å². The van der Waals surface area contributed by atoms with Crippen molar-refractivity contribution in [1.82, 2.24) is 4.90 Å². The Morgan fingerprint density at radius 2 is 1.48 bits per heavy atom. The monoisotopic (exact) mass is 284 g/mol. The SMILES string of the molecule is CC(c1ccccc1)N1CCN(c2ccc(F)cc2)CC1. The van der Waals surface area contributed by atoms with E-state index in [-0.39, 0.29) is 5.82 Å². The first-order valence-corrected chi connectivity index (χ1v) is 7.53. The third-order valence-electron chi connectivity index (χ3n) is 4.34. The number of hydrogen-bond donors (Lipinski definition) is 0. The standard InChI is InChI=1S/C18H21FN2/c1-15(16-5-3-2-4-6-16)20-11-13-21(14-12-20)18-9-7-17(19)8-10-18/h2-10,15H,11-14H2,1H3. The maximum atomic E-state index is 13.0. The Morgan fingerprint density at radius 3 is 2.10 bits per heavy atom. The van der Waals surface area contributed by atoms with Crippen LogP contribution in [0.2, 0.25) is 0 Å². The summed E-state index contributed by atoms with van der Waals surface area (Å²) in [6, 6.07) is 17.9. The highest BCUT2D eigenvalue weighted by Crippen LogP contribution is 2.23. The summed E-state index contributed by atoms with van der Waals surface area (Å²) >= 11 is 0. The van der Waals surface area contributed by atoms with Crippen LogP contribution in [0.4, 0.5) is 10.1 Å². The number of halogens is 1. The molecule has 0 aromatic heterocycles. The van der Waals surface area contributed by atoms with Gasteiger partial charge in [0.2, 0.25) is 0 Å². The van der Waals surface area contributed by atoms with Crippen LogP contribution in [-0.4, -0.2) is 31.1 Å². The number of piperazine rings is 1. The minimum Gasteiger partial charge on any atom is -0.369 e. The fourth-order valence-corrected chi connectivity index (χ4v) is 2.96. The predicted molar refractivity (Wildman–Crippen MR) is 85.0 cm³/mol. The summed E-state index contributed by atoms with van der Waals surface area (Å²) in [6.07, 6.45) is 0. The van der Waals surface area contributed by atoms with Crippen LogP contribution >= 0.6 is 0 Å². The van der Waals surface area contributed by atoms with E-state index in [1.54, 1.807) is 0 Å². The average Bonchev–Trinajstić information content (AvgIpc) is 2.56. The van der Waals surface area contributed by atoms with E-state index in [4.69, 9.17) is 0 Å². The van der Waals surface area contributed by atoms with Crippen molar-refractivity contribution in [3.63, 3.8) is 0 Å². The highest BCUT2D eigenvalue weighted by atomic mass is 19.1. The van der Waals surface area contributed by atoms with Gasteiger partial charge >= 0.3 is 0 Å². The van der Waals surface area contributed by atoms with E-state index in [1.807, 2.05) is 12.1 Å². The molecule has 3 rings (SSSR count). The maximum absolute atomic E-state index is 13.0. The largest absolute Gasteiger partial charge is 0.369 e. The van der Waals surface area contributed by atoms with Gasteiger partial charge in [0.25, 0.3) is 0 Å². The molecule has 1 atom stereocenters. The van der Waals surface area contributed by atoms with Crippen molar-refractivity contribution in [2.75, 3.05) is 31.1 Å². The van der Waals surface area contributed by atoms with Crippen LogP contribution in [0.3, 0.4) is 0 Å². The van der Waals surface area contributed by atoms with Gasteiger partial charge in [0, 0.05) is 37.9 Å². The fraction of sp³-hybridized carbons (Fsp3) is 0.333. The minimum absolute atomic E-state index is 0.171. The molecule has 2 nitrogen and oxygen atoms in total. The zero-order valence-corrected chi connectivity index (χ0v) is 12.4. The smallest absolute Gasteiger partial charge is 0.123 e. The first-order valence-electron chi connectivity index (χ1n) is 7.53. The van der Waals surface area contributed by atoms with Gasteiger partial charge in [-0.3, -0.25) is 4.90 Å². The Kier molecular flexibility index (Phi) is 4.20. The van der Waals surface area contributed by atoms with Gasteiger partial charge in [-0.1, -0.05) is 30.3 Å². The molecular weight excluding hydrogens is 263 g/mol. The Labute approximate surface area is 125 Å². The van der Waals surface area contributed by atoms with Crippen LogP contribution in [-0.2, 0) is 0 Å². The van der Waals surface area contributed by atoms with Crippen LogP contribution in [0.5, 0.6) is 0 Å². The first-order chi connectivity index (χ1) is 10.2. The van der Waals surface area contributed by atoms with Gasteiger partial charge in [-0.05, 0) is 36.8 Å². The van der Waals surface area contributed by atoms with Gasteiger partial charge in [0.1, 0.15) is 5.82 Å². The molecule has 1 aliphatic heterocycles. The molecular formula is C18H21FN2. The summed E-state index contributed by atoms with van der Waals surface area (Å²) in [7, 11) is 0. The zero-order chi connectivity index (χ0) is 14.7. The van der Waals surface area contributed by atoms with E-state index in [1.165, 1.54) is 17.7 Å². The van der Waals surface area contributed by atoms with Crippen molar-refractivity contribution in [2.45, 2.75) is 13.0 Å². The van der Waals surface area contributed by atoms with Crippen LogP contribution < -0.4 is 4.90 Å². The molecule has 0 saturated carbocycles. The van der Waals surface area contributed by atoms with E-state index in [0.717, 1.165) is 31.9 Å². The Balaban J connectivity index is 1.61. The van der Waals surface area contributed by atoms with Crippen molar-refractivity contribution in [3.8, 4) is 0 Å². The quantitative estimate of drug-likeness (QED) is 0.848. The molecule has 1 fully saturated rings. The lowest BCUT2D eigenvalue weighted by molar-refractivity contribution is 0.198. The Bertz CT molecular complexity index is 560. The number of anilines is 1. The molecule has 1 unspecified atom stereocenters. The molecule has 110 valence electrons. The van der Waals surface area contributed by atoms with Crippen LogP contribution in [0.15, 0.2) is 54.6 Å². The number of rotatable bonds is 3. The van der Waals surface area contributed by atoms with Gasteiger partial charge in [-0.2, -0.15) is 0 Å². The summed E-state index contributed by atoms with van der Waals surface area (Å²) in [6.45, 7) is 6.31. The van der Waals surface area contributed by atoms with Crippen molar-refractivity contribution in [1.29, 1.82) is 0 Å². The van der Waals surface area contributed by atoms with Crippen molar-refractivity contribution in [2.24, 2.45) is 0 Å². The van der Waals surface area contributed by atoms with Gasteiger partial charge < -0.3 is 4.90 Å². The molecule has 0 amide bonds. The van der Waals surface area contributed by atoms with E-state index >= 15 is 0 Å². The van der Waals surface area contributed by atoms with Gasteiger partial charge in [-0.15, -0.1) is 0 Å². The molecule has 21 heavy (non-hydrogen) atoms. The normalized spacial score (nSPS) is 17.7. The van der Waals surface area contributed by atoms with Crippen molar-refractivity contribution >= 4 is 5.69 Å². The lowest BCUT2D eigenvalue weighted by atomic mass is 10.1. The van der Waals surface area contributed by atoms with Crippen molar-refractivity contribution in [3.05, 3.63) is 66.0 Å². The summed E-state index contributed by atoms with van der Waals surface area (Å²) in [5.41, 5.74) is 2.48. The highest BCUT2D eigenvalue weighted by molar-refractivity contribution is 5.46. The minimum atomic E-state index is -0.171. The third-order valence-corrected chi connectivity index (χ3v) is 4.34. The number of hydrogen-bond acceptors (Lipinski definition) is 2. The van der Waals surface area contributed by atoms with E-state index in [2.05, 4.69) is 47.1 Å². The van der Waals surface area contributed by atoms with E-state index in [0.29, 0.717) is 6.04 Å². The Morgan fingerprint density at radius 1 is 0.857 bits per heavy atom. The molecule has 0 radical (unpaired) electrons. The van der Waals surface area contributed by atoms with Gasteiger partial charge in [-0.25, -0.2) is 4.39 Å². The third kappa shape index (κ3) is 3.24. The van der Waals surface area contributed by atoms with E-state index < -0.39 is 0 Å². The molecule has 0 spiro atoms. The average molecular weight is 284 g/mol. The Hall–Kier alpha value is -1.87. The van der Waals surface area contributed by atoms with Gasteiger partial charge in [0.05, 0.1) is 0 Å². The summed E-state index contributed by atoms with van der Waals surface area (Å²) < 4.78 is 13.0. The second-order valence-electron chi connectivity index (χ2n) is 5.59. The lowest BCUT2D eigenvalue weighted by Gasteiger charge is -2.39. The van der Waals surface area contributed by atoms with Crippen molar-refractivity contribution < 1.29 is 4.39 Å². The number of benzene rings is 2. The molecule has 3 heteroatoms. The molecule has 2 aromatic rings.